The van der Waals surface area contributed by atoms with Crippen molar-refractivity contribution < 1.29 is 9.18 Å². The van der Waals surface area contributed by atoms with Gasteiger partial charge in [0.1, 0.15) is 12.4 Å². The van der Waals surface area contributed by atoms with Gasteiger partial charge in [0.2, 0.25) is 5.91 Å². The molecular formula is C12H10FN3O3. The van der Waals surface area contributed by atoms with E-state index in [0.29, 0.717) is 5.69 Å². The summed E-state index contributed by atoms with van der Waals surface area (Å²) in [6.45, 7) is -0.243. The fourth-order valence-electron chi connectivity index (χ4n) is 1.46. The van der Waals surface area contributed by atoms with E-state index in [9.17, 15) is 18.8 Å². The Morgan fingerprint density at radius 1 is 1.21 bits per heavy atom. The number of hydrogen-bond acceptors (Lipinski definition) is 3. The molecule has 0 unspecified atom stereocenters. The van der Waals surface area contributed by atoms with Crippen molar-refractivity contribution in [1.29, 1.82) is 0 Å². The molecule has 0 aliphatic carbocycles. The minimum Gasteiger partial charge on any atom is -0.325 e. The van der Waals surface area contributed by atoms with Crippen molar-refractivity contribution in [1.82, 2.24) is 9.55 Å². The van der Waals surface area contributed by atoms with Gasteiger partial charge in [-0.25, -0.2) is 9.18 Å². The Balaban J connectivity index is 2.07. The van der Waals surface area contributed by atoms with E-state index in [4.69, 9.17) is 0 Å². The highest BCUT2D eigenvalue weighted by Crippen LogP contribution is 2.07. The fourth-order valence-corrected chi connectivity index (χ4v) is 1.46. The van der Waals surface area contributed by atoms with E-state index >= 15 is 0 Å². The second-order valence-electron chi connectivity index (χ2n) is 3.79. The summed E-state index contributed by atoms with van der Waals surface area (Å²) in [5, 5.41) is 2.50. The van der Waals surface area contributed by atoms with Crippen LogP contribution in [0.1, 0.15) is 0 Å². The van der Waals surface area contributed by atoms with Crippen LogP contribution in [0, 0.1) is 5.82 Å². The van der Waals surface area contributed by atoms with Gasteiger partial charge in [-0.1, -0.05) is 0 Å². The Bertz CT molecular complexity index is 703. The van der Waals surface area contributed by atoms with E-state index in [1.807, 2.05) is 4.98 Å². The van der Waals surface area contributed by atoms with Crippen molar-refractivity contribution in [3.8, 4) is 0 Å². The van der Waals surface area contributed by atoms with Crippen LogP contribution in [0.4, 0.5) is 10.1 Å². The minimum absolute atomic E-state index is 0.243. The van der Waals surface area contributed by atoms with E-state index < -0.39 is 23.0 Å². The predicted molar refractivity (Wildman–Crippen MR) is 66.4 cm³/mol. The molecule has 1 aromatic carbocycles. The molecule has 0 saturated heterocycles. The summed E-state index contributed by atoms with van der Waals surface area (Å²) < 4.78 is 13.7. The van der Waals surface area contributed by atoms with E-state index in [-0.39, 0.29) is 6.54 Å². The third-order valence-electron chi connectivity index (χ3n) is 2.34. The second kappa shape index (κ2) is 5.30. The molecule has 0 fully saturated rings. The standard InChI is InChI=1S/C12H10FN3O3/c13-8-1-3-9(4-2-8)14-11(18)7-16-6-5-10(17)15-12(16)19/h1-6H,7H2,(H,14,18)(H,15,17,19). The summed E-state index contributed by atoms with van der Waals surface area (Å²) in [6.07, 6.45) is 1.23. The lowest BCUT2D eigenvalue weighted by Crippen LogP contribution is -2.32. The van der Waals surface area contributed by atoms with Gasteiger partial charge in [-0.3, -0.25) is 19.1 Å². The lowest BCUT2D eigenvalue weighted by atomic mass is 10.3. The van der Waals surface area contributed by atoms with Gasteiger partial charge in [-0.2, -0.15) is 0 Å². The zero-order chi connectivity index (χ0) is 13.8. The highest BCUT2D eigenvalue weighted by Gasteiger charge is 2.05. The lowest BCUT2D eigenvalue weighted by molar-refractivity contribution is -0.116. The highest BCUT2D eigenvalue weighted by molar-refractivity contribution is 5.90. The van der Waals surface area contributed by atoms with Crippen molar-refractivity contribution in [2.45, 2.75) is 6.54 Å². The van der Waals surface area contributed by atoms with E-state index in [0.717, 1.165) is 10.6 Å². The molecule has 0 atom stereocenters. The second-order valence-corrected chi connectivity index (χ2v) is 3.79. The van der Waals surface area contributed by atoms with Gasteiger partial charge in [0, 0.05) is 18.0 Å². The fraction of sp³-hybridized carbons (Fsp3) is 0.0833. The molecule has 1 amide bonds. The van der Waals surface area contributed by atoms with E-state index in [1.165, 1.54) is 30.5 Å². The smallest absolute Gasteiger partial charge is 0.325 e. The van der Waals surface area contributed by atoms with Gasteiger partial charge in [-0.05, 0) is 24.3 Å². The van der Waals surface area contributed by atoms with E-state index in [1.54, 1.807) is 0 Å². The average molecular weight is 263 g/mol. The van der Waals surface area contributed by atoms with Crippen LogP contribution in [0.15, 0.2) is 46.1 Å². The Hall–Kier alpha value is -2.70. The first-order chi connectivity index (χ1) is 9.04. The number of aromatic nitrogens is 2. The third kappa shape index (κ3) is 3.38. The Morgan fingerprint density at radius 2 is 1.89 bits per heavy atom. The molecule has 0 spiro atoms. The van der Waals surface area contributed by atoms with Crippen molar-refractivity contribution in [2.24, 2.45) is 0 Å². The third-order valence-corrected chi connectivity index (χ3v) is 2.34. The number of anilines is 1. The van der Waals surface area contributed by atoms with Crippen molar-refractivity contribution in [3.63, 3.8) is 0 Å². The highest BCUT2D eigenvalue weighted by atomic mass is 19.1. The quantitative estimate of drug-likeness (QED) is 0.836. The monoisotopic (exact) mass is 263 g/mol. The molecule has 1 heterocycles. The number of aromatic amines is 1. The number of hydrogen-bond donors (Lipinski definition) is 2. The average Bonchev–Trinajstić information content (AvgIpc) is 2.36. The zero-order valence-corrected chi connectivity index (χ0v) is 9.72. The van der Waals surface area contributed by atoms with Crippen LogP contribution in [-0.2, 0) is 11.3 Å². The summed E-state index contributed by atoms with van der Waals surface area (Å²) in [6, 6.07) is 6.38. The maximum absolute atomic E-state index is 12.7. The van der Waals surface area contributed by atoms with Crippen LogP contribution in [0.25, 0.3) is 0 Å². The number of rotatable bonds is 3. The number of halogens is 1. The molecule has 1 aromatic heterocycles. The van der Waals surface area contributed by atoms with Gasteiger partial charge < -0.3 is 5.32 Å². The largest absolute Gasteiger partial charge is 0.328 e. The molecule has 19 heavy (non-hydrogen) atoms. The van der Waals surface area contributed by atoms with Gasteiger partial charge in [-0.15, -0.1) is 0 Å². The summed E-state index contributed by atoms with van der Waals surface area (Å²) in [7, 11) is 0. The molecule has 2 rings (SSSR count). The Labute approximate surface area is 106 Å². The molecule has 2 N–H and O–H groups in total. The number of benzene rings is 1. The Kier molecular flexibility index (Phi) is 3.56. The van der Waals surface area contributed by atoms with Crippen molar-refractivity contribution >= 4 is 11.6 Å². The number of carbonyl (C=O) groups is 1. The first-order valence-electron chi connectivity index (χ1n) is 5.40. The van der Waals surface area contributed by atoms with Gasteiger partial charge in [0.15, 0.2) is 0 Å². The summed E-state index contributed by atoms with van der Waals surface area (Å²) in [5.74, 6) is -0.865. The molecule has 0 saturated carbocycles. The van der Waals surface area contributed by atoms with E-state index in [2.05, 4.69) is 5.32 Å². The molecule has 0 aliphatic heterocycles. The maximum atomic E-state index is 12.7. The number of carbonyl (C=O) groups excluding carboxylic acids is 1. The number of nitrogens with zero attached hydrogens (tertiary/aromatic N) is 1. The molecule has 0 bridgehead atoms. The molecule has 0 aliphatic rings. The van der Waals surface area contributed by atoms with Crippen LogP contribution in [-0.4, -0.2) is 15.5 Å². The van der Waals surface area contributed by atoms with Crippen LogP contribution >= 0.6 is 0 Å². The number of nitrogens with one attached hydrogen (secondary N) is 2. The molecule has 0 radical (unpaired) electrons. The SMILES string of the molecule is O=C(Cn1ccc(=O)[nH]c1=O)Nc1ccc(F)cc1. The summed E-state index contributed by atoms with van der Waals surface area (Å²) in [4.78, 5) is 35.9. The Morgan fingerprint density at radius 3 is 2.53 bits per heavy atom. The van der Waals surface area contributed by atoms with Gasteiger partial charge in [0.05, 0.1) is 0 Å². The minimum atomic E-state index is -0.665. The first kappa shape index (κ1) is 12.7. The topological polar surface area (TPSA) is 84.0 Å². The van der Waals surface area contributed by atoms with Crippen LogP contribution < -0.4 is 16.6 Å². The number of amides is 1. The lowest BCUT2D eigenvalue weighted by Gasteiger charge is -2.06. The molecule has 98 valence electrons. The van der Waals surface area contributed by atoms with Crippen LogP contribution in [0.5, 0.6) is 0 Å². The van der Waals surface area contributed by atoms with Crippen LogP contribution in [0.3, 0.4) is 0 Å². The summed E-state index contributed by atoms with van der Waals surface area (Å²) >= 11 is 0. The van der Waals surface area contributed by atoms with Gasteiger partial charge in [0.25, 0.3) is 5.56 Å². The van der Waals surface area contributed by atoms with Crippen molar-refractivity contribution in [3.05, 3.63) is 63.2 Å². The first-order valence-corrected chi connectivity index (χ1v) is 5.40. The maximum Gasteiger partial charge on any atom is 0.328 e. The molecule has 7 heteroatoms. The van der Waals surface area contributed by atoms with Crippen LogP contribution in [0.2, 0.25) is 0 Å². The molecule has 6 nitrogen and oxygen atoms in total. The number of H-pyrrole nitrogens is 1. The molecular weight excluding hydrogens is 253 g/mol. The van der Waals surface area contributed by atoms with Crippen molar-refractivity contribution in [2.75, 3.05) is 5.32 Å². The zero-order valence-electron chi connectivity index (χ0n) is 9.72. The van der Waals surface area contributed by atoms with Gasteiger partial charge >= 0.3 is 5.69 Å². The normalized spacial score (nSPS) is 10.2. The summed E-state index contributed by atoms with van der Waals surface area (Å²) in [5.41, 5.74) is -0.772. The predicted octanol–water partition coefficient (Wildman–Crippen LogP) is 0.314. The molecule has 2 aromatic rings.